The van der Waals surface area contributed by atoms with Gasteiger partial charge in [0, 0.05) is 17.8 Å². The van der Waals surface area contributed by atoms with Crippen LogP contribution in [0.2, 0.25) is 0 Å². The van der Waals surface area contributed by atoms with E-state index in [0.29, 0.717) is 0 Å². The molecule has 2 aromatic rings. The van der Waals surface area contributed by atoms with Gasteiger partial charge in [0.15, 0.2) is 5.82 Å². The molecule has 0 unspecified atom stereocenters. The van der Waals surface area contributed by atoms with E-state index in [1.165, 1.54) is 19.3 Å². The van der Waals surface area contributed by atoms with Crippen molar-refractivity contribution in [3.63, 3.8) is 0 Å². The van der Waals surface area contributed by atoms with Crippen molar-refractivity contribution in [1.29, 1.82) is 0 Å². The zero-order valence-electron chi connectivity index (χ0n) is 10.7. The molecule has 0 radical (unpaired) electrons. The first-order valence-corrected chi connectivity index (χ1v) is 6.43. The van der Waals surface area contributed by atoms with Gasteiger partial charge in [-0.3, -0.25) is 0 Å². The SMILES string of the molecule is CCCCCCn1nnnc1-c1cccc(N)c1. The van der Waals surface area contributed by atoms with Crippen LogP contribution in [-0.4, -0.2) is 20.2 Å². The number of nitrogens with two attached hydrogens (primary N) is 1. The lowest BCUT2D eigenvalue weighted by molar-refractivity contribution is 0.531. The fourth-order valence-corrected chi connectivity index (χ4v) is 1.93. The minimum Gasteiger partial charge on any atom is -0.399 e. The fourth-order valence-electron chi connectivity index (χ4n) is 1.93. The number of unbranched alkanes of at least 4 members (excludes halogenated alkanes) is 3. The van der Waals surface area contributed by atoms with E-state index in [9.17, 15) is 0 Å². The van der Waals surface area contributed by atoms with Gasteiger partial charge in [0.1, 0.15) is 0 Å². The van der Waals surface area contributed by atoms with Gasteiger partial charge in [-0.25, -0.2) is 4.68 Å². The molecule has 0 aliphatic rings. The molecule has 5 heteroatoms. The Morgan fingerprint density at radius 3 is 2.89 bits per heavy atom. The Bertz CT molecular complexity index is 492. The summed E-state index contributed by atoms with van der Waals surface area (Å²) in [5.74, 6) is 0.791. The summed E-state index contributed by atoms with van der Waals surface area (Å²) in [5, 5.41) is 11.9. The Labute approximate surface area is 107 Å². The van der Waals surface area contributed by atoms with Gasteiger partial charge < -0.3 is 5.73 Å². The maximum Gasteiger partial charge on any atom is 0.182 e. The van der Waals surface area contributed by atoms with Crippen molar-refractivity contribution in [3.8, 4) is 11.4 Å². The van der Waals surface area contributed by atoms with E-state index in [2.05, 4.69) is 22.4 Å². The van der Waals surface area contributed by atoms with Crippen LogP contribution in [0.3, 0.4) is 0 Å². The molecule has 18 heavy (non-hydrogen) atoms. The molecule has 2 rings (SSSR count). The molecule has 1 aromatic carbocycles. The average Bonchev–Trinajstić information content (AvgIpc) is 2.83. The van der Waals surface area contributed by atoms with Gasteiger partial charge in [-0.05, 0) is 29.0 Å². The van der Waals surface area contributed by atoms with E-state index in [1.54, 1.807) is 0 Å². The number of nitrogen functional groups attached to an aromatic ring is 1. The Balaban J connectivity index is 2.08. The molecule has 0 saturated carbocycles. The van der Waals surface area contributed by atoms with E-state index >= 15 is 0 Å². The molecule has 0 spiro atoms. The lowest BCUT2D eigenvalue weighted by Gasteiger charge is -2.05. The predicted octanol–water partition coefficient (Wildman–Crippen LogP) is 2.50. The Hall–Kier alpha value is -1.91. The third-order valence-corrected chi connectivity index (χ3v) is 2.90. The highest BCUT2D eigenvalue weighted by Gasteiger charge is 2.08. The molecule has 1 heterocycles. The molecule has 5 nitrogen and oxygen atoms in total. The van der Waals surface area contributed by atoms with Crippen LogP contribution in [0.25, 0.3) is 11.4 Å². The number of anilines is 1. The standard InChI is InChI=1S/C13H19N5/c1-2-3-4-5-9-18-13(15-16-17-18)11-7-6-8-12(14)10-11/h6-8,10H,2-5,9,14H2,1H3. The second kappa shape index (κ2) is 6.14. The number of hydrogen-bond acceptors (Lipinski definition) is 4. The fraction of sp³-hybridized carbons (Fsp3) is 0.462. The van der Waals surface area contributed by atoms with E-state index in [0.717, 1.165) is 30.0 Å². The van der Waals surface area contributed by atoms with Crippen LogP contribution in [0.15, 0.2) is 24.3 Å². The Morgan fingerprint density at radius 2 is 2.11 bits per heavy atom. The summed E-state index contributed by atoms with van der Waals surface area (Å²) >= 11 is 0. The highest BCUT2D eigenvalue weighted by molar-refractivity contribution is 5.60. The molecule has 0 saturated heterocycles. The van der Waals surface area contributed by atoms with Crippen LogP contribution in [0, 0.1) is 0 Å². The summed E-state index contributed by atoms with van der Waals surface area (Å²) in [6.07, 6.45) is 4.81. The normalized spacial score (nSPS) is 10.7. The number of tetrazole rings is 1. The largest absolute Gasteiger partial charge is 0.399 e. The van der Waals surface area contributed by atoms with Crippen molar-refractivity contribution < 1.29 is 0 Å². The van der Waals surface area contributed by atoms with Crippen molar-refractivity contribution in [2.24, 2.45) is 0 Å². The number of hydrogen-bond donors (Lipinski definition) is 1. The summed E-state index contributed by atoms with van der Waals surface area (Å²) < 4.78 is 1.85. The van der Waals surface area contributed by atoms with Crippen molar-refractivity contribution in [1.82, 2.24) is 20.2 Å². The monoisotopic (exact) mass is 245 g/mol. The van der Waals surface area contributed by atoms with Crippen LogP contribution in [0.1, 0.15) is 32.6 Å². The third kappa shape index (κ3) is 3.06. The quantitative estimate of drug-likeness (QED) is 0.627. The van der Waals surface area contributed by atoms with Crippen LogP contribution < -0.4 is 5.73 Å². The number of nitrogens with zero attached hydrogens (tertiary/aromatic N) is 4. The highest BCUT2D eigenvalue weighted by atomic mass is 15.5. The van der Waals surface area contributed by atoms with E-state index in [1.807, 2.05) is 28.9 Å². The number of benzene rings is 1. The maximum absolute atomic E-state index is 5.78. The first-order chi connectivity index (χ1) is 8.81. The van der Waals surface area contributed by atoms with Gasteiger partial charge in [-0.1, -0.05) is 38.3 Å². The minimum absolute atomic E-state index is 0.730. The smallest absolute Gasteiger partial charge is 0.182 e. The molecule has 96 valence electrons. The Morgan fingerprint density at radius 1 is 1.22 bits per heavy atom. The molecule has 0 amide bonds. The lowest BCUT2D eigenvalue weighted by atomic mass is 10.2. The van der Waals surface area contributed by atoms with Gasteiger partial charge in [-0.15, -0.1) is 5.10 Å². The molecule has 0 aliphatic heterocycles. The van der Waals surface area contributed by atoms with Gasteiger partial charge in [0.05, 0.1) is 0 Å². The zero-order valence-corrected chi connectivity index (χ0v) is 10.7. The van der Waals surface area contributed by atoms with Crippen molar-refractivity contribution in [2.45, 2.75) is 39.2 Å². The second-order valence-electron chi connectivity index (χ2n) is 4.41. The van der Waals surface area contributed by atoms with Gasteiger partial charge in [0.25, 0.3) is 0 Å². The number of aryl methyl sites for hydroxylation is 1. The summed E-state index contributed by atoms with van der Waals surface area (Å²) in [7, 11) is 0. The summed E-state index contributed by atoms with van der Waals surface area (Å²) in [6, 6.07) is 7.65. The summed E-state index contributed by atoms with van der Waals surface area (Å²) in [4.78, 5) is 0. The van der Waals surface area contributed by atoms with Crippen LogP contribution >= 0.6 is 0 Å². The van der Waals surface area contributed by atoms with Crippen molar-refractivity contribution in [2.75, 3.05) is 5.73 Å². The highest BCUT2D eigenvalue weighted by Crippen LogP contribution is 2.18. The number of aromatic nitrogens is 4. The Kier molecular flexibility index (Phi) is 4.28. The molecular formula is C13H19N5. The van der Waals surface area contributed by atoms with E-state index in [-0.39, 0.29) is 0 Å². The first kappa shape index (κ1) is 12.5. The predicted molar refractivity (Wildman–Crippen MR) is 71.8 cm³/mol. The van der Waals surface area contributed by atoms with Crippen LogP contribution in [-0.2, 0) is 6.54 Å². The molecular weight excluding hydrogens is 226 g/mol. The van der Waals surface area contributed by atoms with Gasteiger partial charge >= 0.3 is 0 Å². The molecule has 0 aliphatic carbocycles. The van der Waals surface area contributed by atoms with Crippen LogP contribution in [0.5, 0.6) is 0 Å². The molecule has 0 fully saturated rings. The van der Waals surface area contributed by atoms with Crippen LogP contribution in [0.4, 0.5) is 5.69 Å². The maximum atomic E-state index is 5.78. The van der Waals surface area contributed by atoms with E-state index < -0.39 is 0 Å². The van der Waals surface area contributed by atoms with Gasteiger partial charge in [0.2, 0.25) is 0 Å². The molecule has 1 aromatic heterocycles. The number of rotatable bonds is 6. The first-order valence-electron chi connectivity index (χ1n) is 6.43. The third-order valence-electron chi connectivity index (χ3n) is 2.90. The van der Waals surface area contributed by atoms with Gasteiger partial charge in [-0.2, -0.15) is 0 Å². The molecule has 0 bridgehead atoms. The minimum atomic E-state index is 0.730. The molecule has 0 atom stereocenters. The lowest BCUT2D eigenvalue weighted by Crippen LogP contribution is -2.03. The summed E-state index contributed by atoms with van der Waals surface area (Å²) in [6.45, 7) is 3.06. The van der Waals surface area contributed by atoms with Crippen molar-refractivity contribution in [3.05, 3.63) is 24.3 Å². The second-order valence-corrected chi connectivity index (χ2v) is 4.41. The van der Waals surface area contributed by atoms with E-state index in [4.69, 9.17) is 5.73 Å². The average molecular weight is 245 g/mol. The molecule has 2 N–H and O–H groups in total. The topological polar surface area (TPSA) is 69.6 Å². The van der Waals surface area contributed by atoms with Crippen molar-refractivity contribution >= 4 is 5.69 Å². The zero-order chi connectivity index (χ0) is 12.8. The summed E-state index contributed by atoms with van der Waals surface area (Å²) in [5.41, 5.74) is 7.47.